The van der Waals surface area contributed by atoms with Gasteiger partial charge in [-0.05, 0) is 92.2 Å². The van der Waals surface area contributed by atoms with Gasteiger partial charge < -0.3 is 34.5 Å². The van der Waals surface area contributed by atoms with E-state index in [0.717, 1.165) is 12.8 Å². The zero-order chi connectivity index (χ0) is 41.5. The molecule has 0 bridgehead atoms. The van der Waals surface area contributed by atoms with E-state index in [-0.39, 0.29) is 37.8 Å². The molecule has 3 N–H and O–H groups in total. The van der Waals surface area contributed by atoms with E-state index in [1.807, 2.05) is 26.0 Å². The number of hydrogen-bond acceptors (Lipinski definition) is 11. The summed E-state index contributed by atoms with van der Waals surface area (Å²) < 4.78 is 51.3. The second-order valence-corrected chi connectivity index (χ2v) is 19.6. The quantitative estimate of drug-likeness (QED) is 0.277. The number of nitrogens with zero attached hydrogens (tertiary/aromatic N) is 2. The molecule has 1 unspecified atom stereocenters. The number of ether oxygens (including phenoxy) is 4. The van der Waals surface area contributed by atoms with Gasteiger partial charge in [0.2, 0.25) is 27.7 Å². The summed E-state index contributed by atoms with van der Waals surface area (Å²) in [5, 5.41) is 6.51. The van der Waals surface area contributed by atoms with Gasteiger partial charge in [0.1, 0.15) is 40.6 Å². The molecule has 2 aliphatic heterocycles. The van der Waals surface area contributed by atoms with Crippen LogP contribution in [-0.2, 0) is 29.1 Å². The third kappa shape index (κ3) is 9.37. The van der Waals surface area contributed by atoms with Gasteiger partial charge >= 0.3 is 6.09 Å². The molecule has 6 rings (SSSR count). The monoisotopic (exact) mass is 831 g/mol. The Hall–Kier alpha value is -4.31. The lowest BCUT2D eigenvalue weighted by Crippen LogP contribution is -2.58. The first-order valence-electron chi connectivity index (χ1n) is 19.6. The Morgan fingerprint density at radius 2 is 1.86 bits per heavy atom. The van der Waals surface area contributed by atoms with Crippen LogP contribution in [0.4, 0.5) is 4.79 Å². The van der Waals surface area contributed by atoms with Gasteiger partial charge in [0.25, 0.3) is 5.91 Å². The van der Waals surface area contributed by atoms with Crippen LogP contribution in [0.2, 0.25) is 5.02 Å². The van der Waals surface area contributed by atoms with Crippen molar-refractivity contribution < 1.29 is 46.5 Å². The smallest absolute Gasteiger partial charge is 0.408 e. The zero-order valence-corrected chi connectivity index (χ0v) is 35.2. The van der Waals surface area contributed by atoms with Crippen molar-refractivity contribution >= 4 is 56.3 Å². The first-order chi connectivity index (χ1) is 26.8. The summed E-state index contributed by atoms with van der Waals surface area (Å²) in [6, 6.07) is 2.81. The first kappa shape index (κ1) is 42.3. The van der Waals surface area contributed by atoms with E-state index in [1.165, 1.54) is 12.0 Å². The average molecular weight is 832 g/mol. The maximum Gasteiger partial charge on any atom is 0.408 e. The summed E-state index contributed by atoms with van der Waals surface area (Å²) in [7, 11) is -2.54. The van der Waals surface area contributed by atoms with E-state index in [9.17, 15) is 27.6 Å². The van der Waals surface area contributed by atoms with E-state index in [1.54, 1.807) is 45.9 Å². The fraction of sp³-hybridized carbons (Fsp3) is 0.625. The molecule has 15 nitrogen and oxygen atoms in total. The highest BCUT2D eigenvalue weighted by Gasteiger charge is 2.63. The minimum absolute atomic E-state index is 0.000216. The number of allylic oxidation sites excluding steroid dienone is 1. The highest BCUT2D eigenvalue weighted by Crippen LogP contribution is 2.48. The minimum Gasteiger partial charge on any atom is -0.493 e. The number of aromatic nitrogens is 1. The molecule has 2 aromatic rings. The molecule has 312 valence electrons. The number of amides is 4. The molecule has 17 heteroatoms. The molecule has 4 aliphatic rings. The van der Waals surface area contributed by atoms with Crippen molar-refractivity contribution in [3.8, 4) is 17.4 Å². The second-order valence-electron chi connectivity index (χ2n) is 17.0. The van der Waals surface area contributed by atoms with Crippen LogP contribution in [0.5, 0.6) is 17.4 Å². The van der Waals surface area contributed by atoms with Gasteiger partial charge in [0.15, 0.2) is 5.75 Å². The summed E-state index contributed by atoms with van der Waals surface area (Å²) >= 11 is 6.46. The van der Waals surface area contributed by atoms with E-state index < -0.39 is 73.8 Å². The molecule has 57 heavy (non-hydrogen) atoms. The van der Waals surface area contributed by atoms with Crippen LogP contribution in [0.1, 0.15) is 99.3 Å². The third-order valence-corrected chi connectivity index (χ3v) is 13.3. The van der Waals surface area contributed by atoms with Gasteiger partial charge in [-0.2, -0.15) is 0 Å². The highest BCUT2D eigenvalue weighted by atomic mass is 35.5. The Kier molecular flexibility index (Phi) is 12.0. The molecule has 1 aromatic heterocycles. The lowest BCUT2D eigenvalue weighted by Gasteiger charge is -2.30. The molecule has 3 heterocycles. The number of carbonyl (C=O) groups is 4. The molecule has 2 saturated carbocycles. The summed E-state index contributed by atoms with van der Waals surface area (Å²) in [4.78, 5) is 62.1. The predicted octanol–water partition coefficient (Wildman–Crippen LogP) is 5.32. The Balaban J connectivity index is 1.36. The number of halogens is 1. The van der Waals surface area contributed by atoms with Gasteiger partial charge in [0.05, 0.1) is 29.5 Å². The topological polar surface area (TPSA) is 192 Å². The van der Waals surface area contributed by atoms with Crippen LogP contribution < -0.4 is 29.6 Å². The maximum atomic E-state index is 14.6. The number of methoxy groups -OCH3 is 1. The Bertz CT molecular complexity index is 2050. The largest absolute Gasteiger partial charge is 0.493 e. The van der Waals surface area contributed by atoms with Gasteiger partial charge in [-0.25, -0.2) is 18.2 Å². The number of alkyl carbamates (subject to hydrolysis) is 1. The Morgan fingerprint density at radius 1 is 1.12 bits per heavy atom. The van der Waals surface area contributed by atoms with Crippen LogP contribution in [0.25, 0.3) is 10.9 Å². The molecule has 3 fully saturated rings. The van der Waals surface area contributed by atoms with Crippen molar-refractivity contribution in [2.45, 2.75) is 140 Å². The number of pyridine rings is 1. The van der Waals surface area contributed by atoms with Crippen molar-refractivity contribution in [1.82, 2.24) is 25.2 Å². The van der Waals surface area contributed by atoms with E-state index in [0.29, 0.717) is 53.1 Å². The number of carbonyl (C=O) groups excluding carboxylic acids is 4. The number of fused-ring (bicyclic) bond motifs is 3. The van der Waals surface area contributed by atoms with Crippen molar-refractivity contribution in [2.75, 3.05) is 13.7 Å². The molecule has 0 spiro atoms. The Labute approximate surface area is 339 Å². The number of rotatable bonds is 9. The fourth-order valence-corrected chi connectivity index (χ4v) is 8.90. The number of sulfonamides is 1. The van der Waals surface area contributed by atoms with Gasteiger partial charge in [-0.15, -0.1) is 0 Å². The lowest BCUT2D eigenvalue weighted by molar-refractivity contribution is -0.141. The van der Waals surface area contributed by atoms with Crippen molar-refractivity contribution in [1.29, 1.82) is 0 Å². The van der Waals surface area contributed by atoms with Crippen molar-refractivity contribution in [3.05, 3.63) is 35.4 Å². The lowest BCUT2D eigenvalue weighted by atomic mass is 10.0. The summed E-state index contributed by atoms with van der Waals surface area (Å²) in [6.07, 6.45) is 6.14. The SMILES string of the molecule is COc1c(Cl)ccc2c(O[C@@H]3C[C@H]4C(=O)N[C@]5(C(=O)NS(=O)(=O)C6(C)CC6)CC5/C=C\CCCCC[C@H](NC(=O)OC(C)(C)C)C(=O)N4C3)cc(OC(C)C)nc12. The third-order valence-electron chi connectivity index (χ3n) is 10.8. The Morgan fingerprint density at radius 3 is 2.53 bits per heavy atom. The van der Waals surface area contributed by atoms with Gasteiger partial charge in [-0.3, -0.25) is 19.1 Å². The summed E-state index contributed by atoms with van der Waals surface area (Å²) in [6.45, 7) is 10.4. The van der Waals surface area contributed by atoms with E-state index in [2.05, 4.69) is 20.3 Å². The number of benzene rings is 1. The van der Waals surface area contributed by atoms with E-state index >= 15 is 0 Å². The second kappa shape index (κ2) is 16.1. The van der Waals surface area contributed by atoms with Crippen molar-refractivity contribution in [2.24, 2.45) is 5.92 Å². The number of nitrogens with one attached hydrogen (secondary N) is 3. The highest BCUT2D eigenvalue weighted by molar-refractivity contribution is 7.91. The minimum atomic E-state index is -4.01. The van der Waals surface area contributed by atoms with E-state index in [4.69, 9.17) is 30.5 Å². The molecule has 2 aliphatic carbocycles. The molecule has 1 aromatic carbocycles. The van der Waals surface area contributed by atoms with Gasteiger partial charge in [0, 0.05) is 23.8 Å². The van der Waals surface area contributed by atoms with Crippen molar-refractivity contribution in [3.63, 3.8) is 0 Å². The average Bonchev–Trinajstić information content (AvgIpc) is 3.99. The van der Waals surface area contributed by atoms with Crippen LogP contribution in [0, 0.1) is 5.92 Å². The van der Waals surface area contributed by atoms with Crippen LogP contribution in [-0.4, -0.2) is 95.9 Å². The number of hydrogen-bond donors (Lipinski definition) is 3. The molecular formula is C40H54ClN5O10S. The van der Waals surface area contributed by atoms with Crippen LogP contribution in [0.3, 0.4) is 0 Å². The normalized spacial score (nSPS) is 26.9. The molecule has 1 saturated heterocycles. The standard InChI is InChI=1S/C40H54ClN5O10S/c1-23(2)54-31-20-30(26-15-16-27(41)33(53-7)32(26)43-31)55-25-19-29-34(47)44-40(36(49)45-57(51,52)39(6)17-18-39)21-24(40)13-11-9-8-10-12-14-28(35(48)46(29)22-25)42-37(50)56-38(3,4)5/h11,13,15-16,20,23-25,28-29H,8-10,12,14,17-19,21-22H2,1-7H3,(H,42,50)(H,44,47)(H,45,49)/b13-11-/t24?,25-,28+,29+,40-/m1/s1. The van der Waals surface area contributed by atoms with Gasteiger partial charge in [-0.1, -0.05) is 36.6 Å². The zero-order valence-electron chi connectivity index (χ0n) is 33.6. The van der Waals surface area contributed by atoms with Crippen LogP contribution in [0.15, 0.2) is 30.4 Å². The molecular weight excluding hydrogens is 778 g/mol. The van der Waals surface area contributed by atoms with Crippen LogP contribution >= 0.6 is 11.6 Å². The summed E-state index contributed by atoms with van der Waals surface area (Å²) in [5.74, 6) is -1.55. The summed E-state index contributed by atoms with van der Waals surface area (Å²) in [5.41, 5.74) is -1.99. The molecule has 0 radical (unpaired) electrons. The maximum absolute atomic E-state index is 14.6. The molecule has 4 amide bonds. The molecule has 5 atom stereocenters. The first-order valence-corrected chi connectivity index (χ1v) is 21.5. The fourth-order valence-electron chi connectivity index (χ4n) is 7.36. The predicted molar refractivity (Wildman–Crippen MR) is 213 cm³/mol.